The molecule has 0 aliphatic carbocycles. The molecule has 2 aromatic rings. The summed E-state index contributed by atoms with van der Waals surface area (Å²) >= 11 is 1.76. The van der Waals surface area contributed by atoms with Crippen LogP contribution in [0, 0.1) is 12.3 Å². The Kier molecular flexibility index (Phi) is 9.79. The van der Waals surface area contributed by atoms with Crippen molar-refractivity contribution in [2.75, 3.05) is 26.2 Å². The highest BCUT2D eigenvalue weighted by molar-refractivity contribution is 7.09. The molecule has 0 unspecified atom stereocenters. The molecule has 2 aliphatic heterocycles. The predicted molar refractivity (Wildman–Crippen MR) is 116 cm³/mol. The number of nitrogens with zero attached hydrogens (tertiary/aromatic N) is 4. The van der Waals surface area contributed by atoms with Gasteiger partial charge in [0, 0.05) is 55.9 Å². The number of thiazole rings is 1. The summed E-state index contributed by atoms with van der Waals surface area (Å²) in [5, 5.41) is 17.6. The number of hydrogen-bond acceptors (Lipinski definition) is 7. The second-order valence-corrected chi connectivity index (χ2v) is 9.49. The molecule has 2 aliphatic rings. The average Bonchev–Trinajstić information content (AvgIpc) is 3.34. The van der Waals surface area contributed by atoms with Crippen LogP contribution in [0.3, 0.4) is 0 Å². The van der Waals surface area contributed by atoms with E-state index in [0.29, 0.717) is 5.41 Å². The summed E-state index contributed by atoms with van der Waals surface area (Å²) in [6.07, 6.45) is -5.01. The summed E-state index contributed by atoms with van der Waals surface area (Å²) in [4.78, 5) is 31.7. The summed E-state index contributed by atoms with van der Waals surface area (Å²) in [6, 6.07) is 4.20. The van der Waals surface area contributed by atoms with Gasteiger partial charge in [0.25, 0.3) is 0 Å². The first-order valence-electron chi connectivity index (χ1n) is 10.4. The normalized spacial score (nSPS) is 17.4. The van der Waals surface area contributed by atoms with Crippen LogP contribution in [-0.4, -0.2) is 80.5 Å². The van der Waals surface area contributed by atoms with Crippen LogP contribution in [-0.2, 0) is 22.7 Å². The molecule has 4 heterocycles. The molecule has 36 heavy (non-hydrogen) atoms. The second kappa shape index (κ2) is 12.0. The van der Waals surface area contributed by atoms with E-state index in [1.54, 1.807) is 11.3 Å². The molecule has 2 aromatic heterocycles. The lowest BCUT2D eigenvalue weighted by atomic mass is 9.79. The number of aliphatic carboxylic acids is 2. The summed E-state index contributed by atoms with van der Waals surface area (Å²) < 4.78 is 63.5. The fourth-order valence-corrected chi connectivity index (χ4v) is 4.50. The molecular weight excluding hydrogens is 518 g/mol. The van der Waals surface area contributed by atoms with Crippen molar-refractivity contribution in [3.05, 3.63) is 46.2 Å². The van der Waals surface area contributed by atoms with Crippen molar-refractivity contribution in [3.8, 4) is 0 Å². The van der Waals surface area contributed by atoms with Gasteiger partial charge in [0.1, 0.15) is 0 Å². The van der Waals surface area contributed by atoms with E-state index in [1.165, 1.54) is 48.9 Å². The highest BCUT2D eigenvalue weighted by Gasteiger charge is 2.47. The van der Waals surface area contributed by atoms with Crippen molar-refractivity contribution in [2.45, 2.75) is 38.8 Å². The standard InChI is InChI=1S/C17H22N4S.2C2HF3O2/c1-14-19-16(10-22-14)9-20-6-4-17(11-20)12-21(13-17)8-15-3-2-5-18-7-15;2*3-2(4,5)1(6)7/h2-3,5,7,10H,4,6,8-9,11-13H2,1H3;2*(H,6,7). The van der Waals surface area contributed by atoms with Gasteiger partial charge in [-0.3, -0.25) is 14.8 Å². The Bertz CT molecular complexity index is 986. The van der Waals surface area contributed by atoms with E-state index in [1.807, 2.05) is 18.5 Å². The maximum absolute atomic E-state index is 10.6. The lowest BCUT2D eigenvalue weighted by molar-refractivity contribution is -0.193. The molecule has 0 bridgehead atoms. The molecule has 0 saturated carbocycles. The number of hydrogen-bond donors (Lipinski definition) is 2. The van der Waals surface area contributed by atoms with Crippen molar-refractivity contribution in [3.63, 3.8) is 0 Å². The minimum Gasteiger partial charge on any atom is -0.475 e. The lowest BCUT2D eigenvalue weighted by Crippen LogP contribution is -2.56. The van der Waals surface area contributed by atoms with Gasteiger partial charge in [0.15, 0.2) is 0 Å². The quantitative estimate of drug-likeness (QED) is 0.562. The van der Waals surface area contributed by atoms with E-state index in [-0.39, 0.29) is 0 Å². The highest BCUT2D eigenvalue weighted by Crippen LogP contribution is 2.40. The molecule has 0 radical (unpaired) electrons. The van der Waals surface area contributed by atoms with Crippen molar-refractivity contribution in [1.29, 1.82) is 0 Å². The number of aromatic nitrogens is 2. The van der Waals surface area contributed by atoms with Gasteiger partial charge in [0.05, 0.1) is 10.7 Å². The molecule has 0 aromatic carbocycles. The van der Waals surface area contributed by atoms with E-state index in [9.17, 15) is 26.3 Å². The molecule has 2 N–H and O–H groups in total. The number of pyridine rings is 1. The number of rotatable bonds is 4. The van der Waals surface area contributed by atoms with Gasteiger partial charge in [-0.25, -0.2) is 14.6 Å². The lowest BCUT2D eigenvalue weighted by Gasteiger charge is -2.48. The van der Waals surface area contributed by atoms with E-state index in [0.717, 1.165) is 13.1 Å². The van der Waals surface area contributed by atoms with E-state index in [2.05, 4.69) is 38.1 Å². The molecule has 15 heteroatoms. The van der Waals surface area contributed by atoms with Gasteiger partial charge < -0.3 is 10.2 Å². The smallest absolute Gasteiger partial charge is 0.475 e. The zero-order chi connectivity index (χ0) is 27.1. The van der Waals surface area contributed by atoms with Crippen LogP contribution in [0.15, 0.2) is 29.9 Å². The van der Waals surface area contributed by atoms with Crippen molar-refractivity contribution in [2.24, 2.45) is 5.41 Å². The van der Waals surface area contributed by atoms with Crippen molar-refractivity contribution >= 4 is 23.3 Å². The minimum absolute atomic E-state index is 0.535. The van der Waals surface area contributed by atoms with E-state index < -0.39 is 24.3 Å². The number of alkyl halides is 6. The molecule has 0 amide bonds. The Morgan fingerprint density at radius 2 is 1.58 bits per heavy atom. The first-order valence-corrected chi connectivity index (χ1v) is 11.3. The van der Waals surface area contributed by atoms with Crippen LogP contribution in [0.2, 0.25) is 0 Å². The molecule has 8 nitrogen and oxygen atoms in total. The Hall–Kier alpha value is -2.78. The van der Waals surface area contributed by atoms with Crippen LogP contribution in [0.5, 0.6) is 0 Å². The van der Waals surface area contributed by atoms with E-state index in [4.69, 9.17) is 19.8 Å². The number of carboxylic acid groups (broad SMARTS) is 2. The molecule has 200 valence electrons. The molecule has 2 saturated heterocycles. The fraction of sp³-hybridized carbons (Fsp3) is 0.524. The third-order valence-electron chi connectivity index (χ3n) is 5.30. The van der Waals surface area contributed by atoms with Gasteiger partial charge in [-0.15, -0.1) is 11.3 Å². The van der Waals surface area contributed by atoms with Gasteiger partial charge >= 0.3 is 24.3 Å². The van der Waals surface area contributed by atoms with Crippen molar-refractivity contribution in [1.82, 2.24) is 19.8 Å². The highest BCUT2D eigenvalue weighted by atomic mass is 32.1. The maximum Gasteiger partial charge on any atom is 0.490 e. The van der Waals surface area contributed by atoms with Crippen molar-refractivity contribution < 1.29 is 46.1 Å². The minimum atomic E-state index is -5.08. The van der Waals surface area contributed by atoms with Crippen LogP contribution >= 0.6 is 11.3 Å². The third-order valence-corrected chi connectivity index (χ3v) is 6.12. The van der Waals surface area contributed by atoms with Crippen LogP contribution in [0.25, 0.3) is 0 Å². The molecular formula is C21H24F6N4O4S. The predicted octanol–water partition coefficient (Wildman–Crippen LogP) is 3.82. The Balaban J connectivity index is 0.000000271. The zero-order valence-corrected chi connectivity index (χ0v) is 19.8. The Labute approximate surface area is 206 Å². The molecule has 1 spiro atoms. The average molecular weight is 543 g/mol. The van der Waals surface area contributed by atoms with Gasteiger partial charge in [0.2, 0.25) is 0 Å². The summed E-state index contributed by atoms with van der Waals surface area (Å²) in [7, 11) is 0. The maximum atomic E-state index is 10.6. The molecule has 2 fully saturated rings. The van der Waals surface area contributed by atoms with E-state index >= 15 is 0 Å². The third kappa shape index (κ3) is 9.35. The number of likely N-dealkylation sites (tertiary alicyclic amines) is 2. The first kappa shape index (κ1) is 29.5. The number of carboxylic acids is 2. The number of carbonyl (C=O) groups is 2. The molecule has 4 rings (SSSR count). The van der Waals surface area contributed by atoms with Gasteiger partial charge in [-0.1, -0.05) is 6.07 Å². The van der Waals surface area contributed by atoms with Crippen LogP contribution in [0.1, 0.15) is 22.7 Å². The summed E-state index contributed by atoms with van der Waals surface area (Å²) in [5.74, 6) is -5.51. The SMILES string of the molecule is Cc1nc(CN2CCC3(C2)CN(Cc2cccnc2)C3)cs1.O=C(O)C(F)(F)F.O=C(O)C(F)(F)F. The summed E-state index contributed by atoms with van der Waals surface area (Å²) in [6.45, 7) is 9.06. The van der Waals surface area contributed by atoms with Crippen LogP contribution in [0.4, 0.5) is 26.3 Å². The largest absolute Gasteiger partial charge is 0.490 e. The Morgan fingerprint density at radius 3 is 2.03 bits per heavy atom. The molecule has 0 atom stereocenters. The summed E-state index contributed by atoms with van der Waals surface area (Å²) in [5.41, 5.74) is 3.10. The number of aryl methyl sites for hydroxylation is 1. The fourth-order valence-electron chi connectivity index (χ4n) is 3.89. The van der Waals surface area contributed by atoms with Gasteiger partial charge in [-0.05, 0) is 31.5 Å². The monoisotopic (exact) mass is 542 g/mol. The second-order valence-electron chi connectivity index (χ2n) is 8.43. The Morgan fingerprint density at radius 1 is 1.03 bits per heavy atom. The topological polar surface area (TPSA) is 107 Å². The van der Waals surface area contributed by atoms with Crippen LogP contribution < -0.4 is 0 Å². The van der Waals surface area contributed by atoms with Gasteiger partial charge in [-0.2, -0.15) is 26.3 Å². The number of halogens is 6. The first-order chi connectivity index (χ1) is 16.6. The zero-order valence-electron chi connectivity index (χ0n) is 19.0.